The molecule has 0 radical (unpaired) electrons. The Bertz CT molecular complexity index is 635. The van der Waals surface area contributed by atoms with Gasteiger partial charge in [0, 0.05) is 11.5 Å². The Labute approximate surface area is 106 Å². The second kappa shape index (κ2) is 5.61. The van der Waals surface area contributed by atoms with E-state index in [2.05, 4.69) is 16.8 Å². The first-order valence-electron chi connectivity index (χ1n) is 5.37. The van der Waals surface area contributed by atoms with E-state index >= 15 is 0 Å². The van der Waals surface area contributed by atoms with E-state index in [0.717, 1.165) is 10.9 Å². The molecule has 0 amide bonds. The van der Waals surface area contributed by atoms with E-state index < -0.39 is 0 Å². The Morgan fingerprint density at radius 1 is 1.06 bits per heavy atom. The lowest BCUT2D eigenvalue weighted by Crippen LogP contribution is -1.99. The van der Waals surface area contributed by atoms with Gasteiger partial charge in [0.2, 0.25) is 5.88 Å². The summed E-state index contributed by atoms with van der Waals surface area (Å²) in [5.41, 5.74) is 0.777. The largest absolute Gasteiger partial charge is 0.480 e. The van der Waals surface area contributed by atoms with Crippen molar-refractivity contribution < 1.29 is 9.47 Å². The average molecular weight is 237 g/mol. The second-order valence-corrected chi connectivity index (χ2v) is 3.46. The van der Waals surface area contributed by atoms with Gasteiger partial charge < -0.3 is 9.47 Å². The number of terminal acetylenes is 2. The standard InChI is InChI=1S/C15H11NO2/c1-3-9-17-14-11-15(18-10-4-2)16-13-8-6-5-7-12(13)14/h1-2,5-8,11H,9-10H2. The van der Waals surface area contributed by atoms with Gasteiger partial charge in [-0.15, -0.1) is 12.8 Å². The summed E-state index contributed by atoms with van der Waals surface area (Å²) >= 11 is 0. The van der Waals surface area contributed by atoms with Crippen LogP contribution in [0, 0.1) is 24.7 Å². The predicted octanol–water partition coefficient (Wildman–Crippen LogP) is 2.26. The van der Waals surface area contributed by atoms with Gasteiger partial charge >= 0.3 is 0 Å². The second-order valence-electron chi connectivity index (χ2n) is 3.46. The number of hydrogen-bond donors (Lipinski definition) is 0. The fourth-order valence-electron chi connectivity index (χ4n) is 1.55. The van der Waals surface area contributed by atoms with Gasteiger partial charge in [-0.05, 0) is 12.1 Å². The molecule has 1 heterocycles. The number of benzene rings is 1. The number of para-hydroxylation sites is 1. The van der Waals surface area contributed by atoms with E-state index in [1.54, 1.807) is 6.07 Å². The highest BCUT2D eigenvalue weighted by molar-refractivity contribution is 5.85. The smallest absolute Gasteiger partial charge is 0.218 e. The van der Waals surface area contributed by atoms with Crippen molar-refractivity contribution in [3.63, 3.8) is 0 Å². The molecule has 0 spiro atoms. The van der Waals surface area contributed by atoms with Crippen molar-refractivity contribution in [2.45, 2.75) is 0 Å². The fourth-order valence-corrected chi connectivity index (χ4v) is 1.55. The Balaban J connectivity index is 2.44. The molecule has 1 aromatic carbocycles. The maximum atomic E-state index is 5.48. The first kappa shape index (κ1) is 11.8. The molecular formula is C15H11NO2. The fraction of sp³-hybridized carbons (Fsp3) is 0.133. The number of pyridine rings is 1. The summed E-state index contributed by atoms with van der Waals surface area (Å²) in [6, 6.07) is 9.29. The molecule has 2 aromatic rings. The molecule has 0 bridgehead atoms. The molecule has 1 aromatic heterocycles. The van der Waals surface area contributed by atoms with Gasteiger partial charge in [-0.25, -0.2) is 4.98 Å². The van der Waals surface area contributed by atoms with Crippen molar-refractivity contribution >= 4 is 10.9 Å². The van der Waals surface area contributed by atoms with Crippen LogP contribution in [0.15, 0.2) is 30.3 Å². The minimum Gasteiger partial charge on any atom is -0.480 e. The molecule has 0 atom stereocenters. The molecular weight excluding hydrogens is 226 g/mol. The average Bonchev–Trinajstić information content (AvgIpc) is 2.42. The number of aromatic nitrogens is 1. The topological polar surface area (TPSA) is 31.4 Å². The normalized spacial score (nSPS) is 9.44. The van der Waals surface area contributed by atoms with Gasteiger partial charge in [-0.3, -0.25) is 0 Å². The van der Waals surface area contributed by atoms with Crippen LogP contribution in [0.1, 0.15) is 0 Å². The molecule has 0 aliphatic carbocycles. The third kappa shape index (κ3) is 2.53. The summed E-state index contributed by atoms with van der Waals surface area (Å²) < 4.78 is 10.8. The Morgan fingerprint density at radius 2 is 1.78 bits per heavy atom. The molecule has 0 N–H and O–H groups in total. The molecule has 3 heteroatoms. The van der Waals surface area contributed by atoms with Crippen LogP contribution in [0.4, 0.5) is 0 Å². The van der Waals surface area contributed by atoms with Crippen molar-refractivity contribution in [1.82, 2.24) is 4.98 Å². The molecule has 2 rings (SSSR count). The molecule has 0 aliphatic rings. The lowest BCUT2D eigenvalue weighted by atomic mass is 10.2. The summed E-state index contributed by atoms with van der Waals surface area (Å²) in [5, 5.41) is 0.890. The van der Waals surface area contributed by atoms with Gasteiger partial charge in [0.15, 0.2) is 6.61 Å². The number of ether oxygens (including phenoxy) is 2. The van der Waals surface area contributed by atoms with Crippen molar-refractivity contribution in [2.24, 2.45) is 0 Å². The molecule has 0 unspecified atom stereocenters. The highest BCUT2D eigenvalue weighted by atomic mass is 16.5. The van der Waals surface area contributed by atoms with E-state index in [1.807, 2.05) is 24.3 Å². The van der Waals surface area contributed by atoms with Gasteiger partial charge in [-0.2, -0.15) is 0 Å². The van der Waals surface area contributed by atoms with Crippen LogP contribution in [0.2, 0.25) is 0 Å². The Morgan fingerprint density at radius 3 is 2.56 bits per heavy atom. The predicted molar refractivity (Wildman–Crippen MR) is 70.4 cm³/mol. The minimum atomic E-state index is 0.167. The van der Waals surface area contributed by atoms with E-state index in [1.165, 1.54) is 0 Å². The SMILES string of the molecule is C#CCOc1cc(OCC#C)c2ccccc2n1. The monoisotopic (exact) mass is 237 g/mol. The molecule has 3 nitrogen and oxygen atoms in total. The van der Waals surface area contributed by atoms with Crippen LogP contribution in [0.25, 0.3) is 10.9 Å². The summed E-state index contributed by atoms with van der Waals surface area (Å²) in [5.74, 6) is 5.89. The van der Waals surface area contributed by atoms with E-state index in [4.69, 9.17) is 22.3 Å². The molecule has 0 saturated heterocycles. The van der Waals surface area contributed by atoms with Crippen molar-refractivity contribution in [2.75, 3.05) is 13.2 Å². The zero-order valence-corrected chi connectivity index (χ0v) is 9.72. The number of hydrogen-bond acceptors (Lipinski definition) is 3. The van der Waals surface area contributed by atoms with Gasteiger partial charge in [0.05, 0.1) is 5.52 Å². The molecule has 0 aliphatic heterocycles. The van der Waals surface area contributed by atoms with Crippen molar-refractivity contribution in [1.29, 1.82) is 0 Å². The van der Waals surface area contributed by atoms with E-state index in [0.29, 0.717) is 11.6 Å². The number of fused-ring (bicyclic) bond motifs is 1. The Kier molecular flexibility index (Phi) is 3.69. The van der Waals surface area contributed by atoms with Gasteiger partial charge in [0.25, 0.3) is 0 Å². The van der Waals surface area contributed by atoms with Gasteiger partial charge in [0.1, 0.15) is 12.4 Å². The highest BCUT2D eigenvalue weighted by Crippen LogP contribution is 2.28. The maximum absolute atomic E-state index is 5.48. The zero-order valence-electron chi connectivity index (χ0n) is 9.72. The third-order valence-corrected chi connectivity index (χ3v) is 2.27. The number of nitrogens with zero attached hydrogens (tertiary/aromatic N) is 1. The lowest BCUT2D eigenvalue weighted by Gasteiger charge is -2.09. The first-order valence-corrected chi connectivity index (χ1v) is 5.37. The summed E-state index contributed by atoms with van der Waals surface area (Å²) in [6.45, 7) is 0.364. The maximum Gasteiger partial charge on any atom is 0.218 e. The first-order chi connectivity index (χ1) is 8.85. The van der Waals surface area contributed by atoms with Crippen LogP contribution in [-0.4, -0.2) is 18.2 Å². The summed E-state index contributed by atoms with van der Waals surface area (Å²) in [7, 11) is 0. The summed E-state index contributed by atoms with van der Waals surface area (Å²) in [4.78, 5) is 4.33. The van der Waals surface area contributed by atoms with Crippen LogP contribution >= 0.6 is 0 Å². The van der Waals surface area contributed by atoms with Crippen LogP contribution in [0.5, 0.6) is 11.6 Å². The Hall–Kier alpha value is -2.65. The lowest BCUT2D eigenvalue weighted by molar-refractivity contribution is 0.345. The zero-order chi connectivity index (χ0) is 12.8. The molecule has 88 valence electrons. The van der Waals surface area contributed by atoms with Crippen molar-refractivity contribution in [3.8, 4) is 36.3 Å². The molecule has 18 heavy (non-hydrogen) atoms. The van der Waals surface area contributed by atoms with Crippen LogP contribution in [-0.2, 0) is 0 Å². The highest BCUT2D eigenvalue weighted by Gasteiger charge is 2.06. The quantitative estimate of drug-likeness (QED) is 0.764. The van der Waals surface area contributed by atoms with Gasteiger partial charge in [-0.1, -0.05) is 24.0 Å². The molecule has 0 fully saturated rings. The minimum absolute atomic E-state index is 0.167. The van der Waals surface area contributed by atoms with E-state index in [9.17, 15) is 0 Å². The van der Waals surface area contributed by atoms with Crippen molar-refractivity contribution in [3.05, 3.63) is 30.3 Å². The molecule has 0 saturated carbocycles. The number of rotatable bonds is 4. The van der Waals surface area contributed by atoms with Crippen LogP contribution in [0.3, 0.4) is 0 Å². The van der Waals surface area contributed by atoms with E-state index in [-0.39, 0.29) is 13.2 Å². The summed E-state index contributed by atoms with van der Waals surface area (Å²) in [6.07, 6.45) is 10.3. The van der Waals surface area contributed by atoms with Crippen LogP contribution < -0.4 is 9.47 Å². The third-order valence-electron chi connectivity index (χ3n) is 2.27.